The van der Waals surface area contributed by atoms with E-state index in [2.05, 4.69) is 189 Å². The molecule has 230 valence electrons. The summed E-state index contributed by atoms with van der Waals surface area (Å²) in [4.78, 5) is 2.39. The summed E-state index contributed by atoms with van der Waals surface area (Å²) >= 11 is 0. The van der Waals surface area contributed by atoms with Crippen molar-refractivity contribution in [3.05, 3.63) is 157 Å². The van der Waals surface area contributed by atoms with Gasteiger partial charge in [-0.3, -0.25) is 0 Å². The predicted molar refractivity (Wildman–Crippen MR) is 202 cm³/mol. The van der Waals surface area contributed by atoms with Crippen molar-refractivity contribution >= 4 is 44.8 Å². The summed E-state index contributed by atoms with van der Waals surface area (Å²) in [5, 5.41) is 3.86. The zero-order valence-electron chi connectivity index (χ0n) is 27.6. The number of fused-ring (bicyclic) bond motifs is 4. The van der Waals surface area contributed by atoms with Crippen LogP contribution >= 0.6 is 0 Å². The van der Waals surface area contributed by atoms with Crippen molar-refractivity contribution < 1.29 is 0 Å². The van der Waals surface area contributed by atoms with Crippen LogP contribution in [0.2, 0.25) is 0 Å². The fourth-order valence-electron chi connectivity index (χ4n) is 7.59. The van der Waals surface area contributed by atoms with Gasteiger partial charge in [-0.05, 0) is 115 Å². The minimum absolute atomic E-state index is 0.0106. The third-order valence-electron chi connectivity index (χ3n) is 9.67. The van der Waals surface area contributed by atoms with Crippen molar-refractivity contribution in [1.29, 1.82) is 0 Å². The van der Waals surface area contributed by atoms with Gasteiger partial charge in [0.15, 0.2) is 0 Å². The number of rotatable bonds is 5. The van der Waals surface area contributed by atoms with Gasteiger partial charge in [-0.15, -0.1) is 0 Å². The maximum absolute atomic E-state index is 2.54. The number of hydrogen-bond acceptors (Lipinski definition) is 1. The molecule has 2 heteroatoms. The molecule has 1 aromatic heterocycles. The maximum atomic E-state index is 2.54. The van der Waals surface area contributed by atoms with Crippen LogP contribution in [0.15, 0.2) is 146 Å². The monoisotopic (exact) mass is 608 g/mol. The van der Waals surface area contributed by atoms with E-state index in [-0.39, 0.29) is 5.54 Å². The molecule has 0 saturated heterocycles. The summed E-state index contributed by atoms with van der Waals surface area (Å²) in [6, 6.07) is 50.9. The largest absolute Gasteiger partial charge is 0.335 e. The molecule has 0 amide bonds. The summed E-state index contributed by atoms with van der Waals surface area (Å²) in [5.41, 5.74) is 12.5. The number of para-hydroxylation sites is 1. The summed E-state index contributed by atoms with van der Waals surface area (Å²) in [6.45, 7) is 9.31. The van der Waals surface area contributed by atoms with E-state index in [0.29, 0.717) is 5.92 Å². The Morgan fingerprint density at radius 3 is 1.98 bits per heavy atom. The lowest BCUT2D eigenvalue weighted by Gasteiger charge is -2.27. The molecule has 0 spiro atoms. The van der Waals surface area contributed by atoms with E-state index in [1.807, 2.05) is 0 Å². The lowest BCUT2D eigenvalue weighted by Crippen LogP contribution is -2.23. The number of nitrogens with zero attached hydrogens (tertiary/aromatic N) is 2. The van der Waals surface area contributed by atoms with E-state index in [9.17, 15) is 0 Å². The smallest absolute Gasteiger partial charge is 0.0540 e. The Kier molecular flexibility index (Phi) is 7.10. The van der Waals surface area contributed by atoms with E-state index in [1.54, 1.807) is 0 Å². The molecule has 7 aromatic rings. The molecule has 0 radical (unpaired) electrons. The third-order valence-corrected chi connectivity index (χ3v) is 9.67. The summed E-state index contributed by atoms with van der Waals surface area (Å²) in [7, 11) is 0. The number of aromatic nitrogens is 1. The van der Waals surface area contributed by atoms with Gasteiger partial charge < -0.3 is 9.47 Å². The molecule has 0 fully saturated rings. The molecule has 47 heavy (non-hydrogen) atoms. The average Bonchev–Trinajstić information content (AvgIpc) is 3.45. The predicted octanol–water partition coefficient (Wildman–Crippen LogP) is 12.9. The summed E-state index contributed by atoms with van der Waals surface area (Å²) in [6.07, 6.45) is 5.77. The molecule has 1 atom stereocenters. The lowest BCUT2D eigenvalue weighted by atomic mass is 9.89. The van der Waals surface area contributed by atoms with Crippen LogP contribution in [-0.4, -0.2) is 4.57 Å². The first-order chi connectivity index (χ1) is 22.9. The Hall–Kier alpha value is -5.34. The Balaban J connectivity index is 1.29. The Morgan fingerprint density at radius 2 is 1.23 bits per heavy atom. The molecule has 1 heterocycles. The van der Waals surface area contributed by atoms with Gasteiger partial charge in [0.25, 0.3) is 0 Å². The van der Waals surface area contributed by atoms with Gasteiger partial charge >= 0.3 is 0 Å². The third kappa shape index (κ3) is 5.05. The van der Waals surface area contributed by atoms with Crippen LogP contribution in [0.4, 0.5) is 17.1 Å². The van der Waals surface area contributed by atoms with Crippen LogP contribution in [-0.2, 0) is 5.54 Å². The van der Waals surface area contributed by atoms with Crippen LogP contribution in [0.3, 0.4) is 0 Å². The standard InChI is InChI=1S/C45H40N2/c1-31-14-11-23-43-44(31)40-30-34(26-29-42(40)47(43)45(2,3)4)37-19-12-21-39-38(37)20-13-22-41(39)46(35-17-9-6-10-18-35)36-27-24-33(25-28-36)32-15-7-5-8-16-32/h5-13,15-31H,14H2,1-4H3. The van der Waals surface area contributed by atoms with Gasteiger partial charge in [0.2, 0.25) is 0 Å². The minimum Gasteiger partial charge on any atom is -0.335 e. The second-order valence-electron chi connectivity index (χ2n) is 13.8. The van der Waals surface area contributed by atoms with Gasteiger partial charge in [0.05, 0.1) is 5.69 Å². The van der Waals surface area contributed by atoms with Gasteiger partial charge in [-0.2, -0.15) is 0 Å². The highest BCUT2D eigenvalue weighted by Crippen LogP contribution is 2.45. The second-order valence-corrected chi connectivity index (χ2v) is 13.8. The van der Waals surface area contributed by atoms with Crippen LogP contribution in [0, 0.1) is 0 Å². The zero-order valence-corrected chi connectivity index (χ0v) is 27.6. The van der Waals surface area contributed by atoms with Crippen molar-refractivity contribution in [2.45, 2.75) is 45.6 Å². The summed E-state index contributed by atoms with van der Waals surface area (Å²) in [5.74, 6) is 0.489. The van der Waals surface area contributed by atoms with Crippen molar-refractivity contribution in [3.63, 3.8) is 0 Å². The summed E-state index contributed by atoms with van der Waals surface area (Å²) < 4.78 is 2.54. The fraction of sp³-hybridized carbons (Fsp3) is 0.156. The molecule has 0 bridgehead atoms. The molecule has 1 unspecified atom stereocenters. The topological polar surface area (TPSA) is 8.17 Å². The molecule has 2 nitrogen and oxygen atoms in total. The molecule has 0 saturated carbocycles. The first-order valence-corrected chi connectivity index (χ1v) is 16.8. The van der Waals surface area contributed by atoms with E-state index in [0.717, 1.165) is 17.8 Å². The van der Waals surface area contributed by atoms with E-state index in [1.165, 1.54) is 60.9 Å². The minimum atomic E-state index is -0.0106. The Morgan fingerprint density at radius 1 is 0.596 bits per heavy atom. The molecular formula is C45H40N2. The van der Waals surface area contributed by atoms with Crippen molar-refractivity contribution in [1.82, 2.24) is 4.57 Å². The maximum Gasteiger partial charge on any atom is 0.0540 e. The Labute approximate surface area is 278 Å². The van der Waals surface area contributed by atoms with E-state index >= 15 is 0 Å². The molecule has 1 aliphatic rings. The SMILES string of the molecule is CC1CC=Cc2c1c1cc(-c3cccc4c(N(c5ccccc5)c5ccc(-c6ccccc6)cc5)cccc34)ccc1n2C(C)(C)C. The molecular weight excluding hydrogens is 569 g/mol. The number of hydrogen-bond donors (Lipinski definition) is 0. The number of benzene rings is 6. The number of anilines is 3. The van der Waals surface area contributed by atoms with E-state index in [4.69, 9.17) is 0 Å². The van der Waals surface area contributed by atoms with Crippen LogP contribution < -0.4 is 4.90 Å². The Bertz CT molecular complexity index is 2250. The van der Waals surface area contributed by atoms with Crippen molar-refractivity contribution in [2.24, 2.45) is 0 Å². The highest BCUT2D eigenvalue weighted by molar-refractivity contribution is 6.07. The molecule has 0 N–H and O–H groups in total. The highest BCUT2D eigenvalue weighted by atomic mass is 15.1. The van der Waals surface area contributed by atoms with Crippen molar-refractivity contribution in [2.75, 3.05) is 4.90 Å². The zero-order chi connectivity index (χ0) is 32.1. The quantitative estimate of drug-likeness (QED) is 0.189. The van der Waals surface area contributed by atoms with Gasteiger partial charge in [-0.1, -0.05) is 110 Å². The first-order valence-electron chi connectivity index (χ1n) is 16.8. The molecule has 6 aromatic carbocycles. The van der Waals surface area contributed by atoms with Crippen LogP contribution in [0.5, 0.6) is 0 Å². The van der Waals surface area contributed by atoms with E-state index < -0.39 is 0 Å². The van der Waals surface area contributed by atoms with Crippen molar-refractivity contribution in [3.8, 4) is 22.3 Å². The van der Waals surface area contributed by atoms with Gasteiger partial charge in [0.1, 0.15) is 0 Å². The normalized spacial score (nSPS) is 14.4. The van der Waals surface area contributed by atoms with Gasteiger partial charge in [0, 0.05) is 38.9 Å². The lowest BCUT2D eigenvalue weighted by molar-refractivity contribution is 0.406. The van der Waals surface area contributed by atoms with Crippen LogP contribution in [0.25, 0.3) is 50.0 Å². The fourth-order valence-corrected chi connectivity index (χ4v) is 7.59. The molecule has 1 aliphatic carbocycles. The molecule has 8 rings (SSSR count). The highest BCUT2D eigenvalue weighted by Gasteiger charge is 2.28. The van der Waals surface area contributed by atoms with Gasteiger partial charge in [-0.25, -0.2) is 0 Å². The first kappa shape index (κ1) is 29.1. The average molecular weight is 609 g/mol. The van der Waals surface area contributed by atoms with Crippen LogP contribution in [0.1, 0.15) is 51.3 Å². The number of allylic oxidation sites excluding steroid dienone is 1. The second kappa shape index (κ2) is 11.5. The molecule has 0 aliphatic heterocycles.